The zero-order chi connectivity index (χ0) is 12.5. The van der Waals surface area contributed by atoms with Crippen LogP contribution in [0.2, 0.25) is 0 Å². The fourth-order valence-corrected chi connectivity index (χ4v) is 3.17. The first-order valence-electron chi connectivity index (χ1n) is 7.05. The monoisotopic (exact) mass is 240 g/mol. The molecule has 1 saturated heterocycles. The Labute approximate surface area is 106 Å². The Kier molecular flexibility index (Phi) is 4.11. The molecule has 2 unspecified atom stereocenters. The minimum Gasteiger partial charge on any atom is -0.383 e. The molecular weight excluding hydrogens is 212 g/mol. The molecule has 2 rings (SSSR count). The van der Waals surface area contributed by atoms with Gasteiger partial charge in [0.15, 0.2) is 0 Å². The van der Waals surface area contributed by atoms with Crippen molar-refractivity contribution in [3.63, 3.8) is 0 Å². The Bertz CT molecular complexity index is 253. The van der Waals surface area contributed by atoms with Crippen molar-refractivity contribution in [3.8, 4) is 0 Å². The molecule has 1 N–H and O–H groups in total. The molecule has 100 valence electrons. The van der Waals surface area contributed by atoms with Gasteiger partial charge in [0.2, 0.25) is 0 Å². The summed E-state index contributed by atoms with van der Waals surface area (Å²) in [6.07, 6.45) is 2.82. The van der Waals surface area contributed by atoms with E-state index in [9.17, 15) is 0 Å². The van der Waals surface area contributed by atoms with Gasteiger partial charge < -0.3 is 10.1 Å². The number of hydrogen-bond donors (Lipinski definition) is 1. The highest BCUT2D eigenvalue weighted by Gasteiger charge is 2.46. The molecule has 0 aromatic carbocycles. The fraction of sp³-hybridized carbons (Fsp3) is 1.00. The third kappa shape index (κ3) is 3.01. The molecule has 2 atom stereocenters. The molecule has 3 heteroatoms. The number of nitrogens with one attached hydrogen (secondary N) is 1. The molecule has 0 aromatic rings. The number of rotatable bonds is 5. The van der Waals surface area contributed by atoms with Crippen LogP contribution in [-0.4, -0.2) is 49.8 Å². The zero-order valence-corrected chi connectivity index (χ0v) is 11.8. The van der Waals surface area contributed by atoms with Crippen LogP contribution >= 0.6 is 0 Å². The lowest BCUT2D eigenvalue weighted by Crippen LogP contribution is -2.65. The first-order valence-corrected chi connectivity index (χ1v) is 7.05. The van der Waals surface area contributed by atoms with E-state index < -0.39 is 0 Å². The minimum atomic E-state index is 0.346. The maximum absolute atomic E-state index is 5.25. The summed E-state index contributed by atoms with van der Waals surface area (Å²) < 4.78 is 5.25. The summed E-state index contributed by atoms with van der Waals surface area (Å²) in [4.78, 5) is 2.64. The van der Waals surface area contributed by atoms with Crippen LogP contribution in [0.5, 0.6) is 0 Å². The van der Waals surface area contributed by atoms with Gasteiger partial charge in [-0.25, -0.2) is 0 Å². The highest BCUT2D eigenvalue weighted by Crippen LogP contribution is 2.41. The summed E-state index contributed by atoms with van der Waals surface area (Å²) in [6, 6.07) is 0.664. The molecule has 1 aliphatic heterocycles. The van der Waals surface area contributed by atoms with E-state index >= 15 is 0 Å². The van der Waals surface area contributed by atoms with Crippen molar-refractivity contribution in [3.05, 3.63) is 0 Å². The minimum absolute atomic E-state index is 0.346. The van der Waals surface area contributed by atoms with Gasteiger partial charge in [-0.15, -0.1) is 0 Å². The van der Waals surface area contributed by atoms with Crippen LogP contribution in [-0.2, 0) is 4.74 Å². The predicted octanol–water partition coefficient (Wildman–Crippen LogP) is 1.73. The number of ether oxygens (including phenoxy) is 1. The molecular formula is C14H28N2O. The Hall–Kier alpha value is -0.120. The molecule has 1 saturated carbocycles. The molecule has 0 aromatic heterocycles. The largest absolute Gasteiger partial charge is 0.383 e. The van der Waals surface area contributed by atoms with Gasteiger partial charge in [0.1, 0.15) is 0 Å². The summed E-state index contributed by atoms with van der Waals surface area (Å²) in [5.74, 6) is 1.61. The maximum atomic E-state index is 5.25. The van der Waals surface area contributed by atoms with Crippen molar-refractivity contribution in [1.82, 2.24) is 10.2 Å². The Balaban J connectivity index is 1.98. The lowest BCUT2D eigenvalue weighted by molar-refractivity contribution is 0.0323. The second kappa shape index (κ2) is 5.25. The third-order valence-corrected chi connectivity index (χ3v) is 4.55. The number of nitrogens with zero attached hydrogens (tertiary/aromatic N) is 1. The van der Waals surface area contributed by atoms with E-state index in [1.54, 1.807) is 7.11 Å². The zero-order valence-electron chi connectivity index (χ0n) is 11.8. The topological polar surface area (TPSA) is 24.5 Å². The highest BCUT2D eigenvalue weighted by molar-refractivity contribution is 5.04. The Morgan fingerprint density at radius 1 is 1.41 bits per heavy atom. The van der Waals surface area contributed by atoms with Crippen LogP contribution in [0, 0.1) is 11.8 Å². The summed E-state index contributed by atoms with van der Waals surface area (Å²) in [6.45, 7) is 11.3. The van der Waals surface area contributed by atoms with Crippen molar-refractivity contribution in [1.29, 1.82) is 0 Å². The summed E-state index contributed by atoms with van der Waals surface area (Å²) in [7, 11) is 1.80. The van der Waals surface area contributed by atoms with Gasteiger partial charge >= 0.3 is 0 Å². The fourth-order valence-electron chi connectivity index (χ4n) is 3.17. The van der Waals surface area contributed by atoms with Crippen LogP contribution in [0.4, 0.5) is 0 Å². The average molecular weight is 240 g/mol. The first-order chi connectivity index (χ1) is 8.07. The van der Waals surface area contributed by atoms with E-state index in [2.05, 4.69) is 31.0 Å². The van der Waals surface area contributed by atoms with Gasteiger partial charge in [0, 0.05) is 38.3 Å². The molecule has 2 aliphatic rings. The van der Waals surface area contributed by atoms with E-state index in [1.807, 2.05) is 0 Å². The van der Waals surface area contributed by atoms with Crippen molar-refractivity contribution < 1.29 is 4.74 Å². The third-order valence-electron chi connectivity index (χ3n) is 4.55. The number of hydrogen-bond acceptors (Lipinski definition) is 3. The molecule has 0 radical (unpaired) electrons. The van der Waals surface area contributed by atoms with Gasteiger partial charge in [-0.1, -0.05) is 13.8 Å². The summed E-state index contributed by atoms with van der Waals surface area (Å²) in [5, 5.41) is 3.81. The highest BCUT2D eigenvalue weighted by atomic mass is 16.5. The van der Waals surface area contributed by atoms with Crippen molar-refractivity contribution in [2.45, 2.75) is 45.2 Å². The lowest BCUT2D eigenvalue weighted by atomic mass is 9.88. The van der Waals surface area contributed by atoms with E-state index in [4.69, 9.17) is 4.74 Å². The Morgan fingerprint density at radius 3 is 2.65 bits per heavy atom. The predicted molar refractivity (Wildman–Crippen MR) is 71.2 cm³/mol. The molecule has 1 aliphatic carbocycles. The second-order valence-electron chi connectivity index (χ2n) is 6.35. The molecule has 3 nitrogen and oxygen atoms in total. The molecule has 17 heavy (non-hydrogen) atoms. The molecule has 2 fully saturated rings. The average Bonchev–Trinajstić information content (AvgIpc) is 3.10. The second-order valence-corrected chi connectivity index (χ2v) is 6.35. The number of piperazine rings is 1. The smallest absolute Gasteiger partial charge is 0.0589 e. The summed E-state index contributed by atoms with van der Waals surface area (Å²) >= 11 is 0. The van der Waals surface area contributed by atoms with E-state index in [0.717, 1.165) is 25.6 Å². The van der Waals surface area contributed by atoms with Crippen molar-refractivity contribution >= 4 is 0 Å². The van der Waals surface area contributed by atoms with Crippen LogP contribution in [0.3, 0.4) is 0 Å². The molecule has 0 bridgehead atoms. The van der Waals surface area contributed by atoms with Crippen molar-refractivity contribution in [2.75, 3.05) is 33.4 Å². The molecule has 0 amide bonds. The van der Waals surface area contributed by atoms with Gasteiger partial charge in [-0.2, -0.15) is 0 Å². The molecule has 0 spiro atoms. The quantitative estimate of drug-likeness (QED) is 0.792. The van der Waals surface area contributed by atoms with Crippen LogP contribution in [0.15, 0.2) is 0 Å². The normalized spacial score (nSPS) is 35.5. The van der Waals surface area contributed by atoms with Gasteiger partial charge in [0.25, 0.3) is 0 Å². The van der Waals surface area contributed by atoms with Gasteiger partial charge in [-0.3, -0.25) is 4.90 Å². The molecule has 1 heterocycles. The van der Waals surface area contributed by atoms with Crippen molar-refractivity contribution in [2.24, 2.45) is 11.8 Å². The summed E-state index contributed by atoms with van der Waals surface area (Å²) in [5.41, 5.74) is 0.346. The SMILES string of the molecule is COCCN1CC(C)(C2CC2)NCC1C(C)C. The Morgan fingerprint density at radius 2 is 2.12 bits per heavy atom. The van der Waals surface area contributed by atoms with Crippen LogP contribution in [0.1, 0.15) is 33.6 Å². The van der Waals surface area contributed by atoms with E-state index in [-0.39, 0.29) is 0 Å². The van der Waals surface area contributed by atoms with E-state index in [1.165, 1.54) is 19.4 Å². The first kappa shape index (κ1) is 13.3. The van der Waals surface area contributed by atoms with Crippen LogP contribution in [0.25, 0.3) is 0 Å². The van der Waals surface area contributed by atoms with Crippen LogP contribution < -0.4 is 5.32 Å². The van der Waals surface area contributed by atoms with Gasteiger partial charge in [-0.05, 0) is 31.6 Å². The lowest BCUT2D eigenvalue weighted by Gasteiger charge is -2.48. The van der Waals surface area contributed by atoms with E-state index in [0.29, 0.717) is 17.5 Å². The standard InChI is InChI=1S/C14H28N2O/c1-11(2)13-9-15-14(3,12-5-6-12)10-16(13)7-8-17-4/h11-13,15H,5-10H2,1-4H3. The maximum Gasteiger partial charge on any atom is 0.0589 e. The number of methoxy groups -OCH3 is 1. The van der Waals surface area contributed by atoms with Gasteiger partial charge in [0.05, 0.1) is 6.61 Å².